The van der Waals surface area contributed by atoms with E-state index >= 15 is 0 Å². The van der Waals surface area contributed by atoms with Crippen LogP contribution in [-0.4, -0.2) is 53.4 Å². The van der Waals surface area contributed by atoms with E-state index in [0.29, 0.717) is 31.5 Å². The van der Waals surface area contributed by atoms with Crippen LogP contribution in [0.15, 0.2) is 30.3 Å². The van der Waals surface area contributed by atoms with Crippen molar-refractivity contribution in [3.63, 3.8) is 0 Å². The summed E-state index contributed by atoms with van der Waals surface area (Å²) in [7, 11) is 0. The molecule has 2 fully saturated rings. The Morgan fingerprint density at radius 1 is 1.14 bits per heavy atom. The fourth-order valence-corrected chi connectivity index (χ4v) is 3.93. The Balaban J connectivity index is 1.52. The zero-order valence-corrected chi connectivity index (χ0v) is 17.5. The van der Waals surface area contributed by atoms with Crippen LogP contribution in [0.2, 0.25) is 0 Å². The summed E-state index contributed by atoms with van der Waals surface area (Å²) in [6, 6.07) is 10.2. The number of amides is 2. The summed E-state index contributed by atoms with van der Waals surface area (Å²) < 4.78 is 5.65. The molecule has 1 saturated heterocycles. The Morgan fingerprint density at radius 2 is 1.86 bits per heavy atom. The van der Waals surface area contributed by atoms with Crippen LogP contribution < -0.4 is 4.74 Å². The average molecular weight is 387 g/mol. The van der Waals surface area contributed by atoms with Crippen LogP contribution in [0.3, 0.4) is 0 Å². The van der Waals surface area contributed by atoms with Gasteiger partial charge in [0.2, 0.25) is 11.8 Å². The molecule has 0 aromatic heterocycles. The Bertz CT molecular complexity index is 657. The maximum absolute atomic E-state index is 13.3. The predicted molar refractivity (Wildman–Crippen MR) is 110 cm³/mol. The second-order valence-electron chi connectivity index (χ2n) is 8.55. The van der Waals surface area contributed by atoms with Gasteiger partial charge >= 0.3 is 0 Å². The minimum Gasteiger partial charge on any atom is -0.493 e. The van der Waals surface area contributed by atoms with E-state index in [1.807, 2.05) is 35.2 Å². The molecule has 0 bridgehead atoms. The standard InChI is InChI=1S/C23H34N2O3/c1-17(2)18(3)25(20-11-12-20)23(27)19-8-7-14-24(16-19)22(26)13-15-28-21-9-5-4-6-10-21/h4-6,9-10,17-20H,7-8,11-16H2,1-3H3. The number of piperidine rings is 1. The normalized spacial score (nSPS) is 20.7. The molecule has 1 aliphatic carbocycles. The van der Waals surface area contributed by atoms with Crippen molar-refractivity contribution in [2.75, 3.05) is 19.7 Å². The summed E-state index contributed by atoms with van der Waals surface area (Å²) in [4.78, 5) is 29.9. The largest absolute Gasteiger partial charge is 0.493 e. The average Bonchev–Trinajstić information content (AvgIpc) is 3.53. The van der Waals surface area contributed by atoms with Gasteiger partial charge in [-0.25, -0.2) is 0 Å². The highest BCUT2D eigenvalue weighted by atomic mass is 16.5. The van der Waals surface area contributed by atoms with Crippen molar-refractivity contribution in [1.82, 2.24) is 9.80 Å². The lowest BCUT2D eigenvalue weighted by molar-refractivity contribution is -0.143. The summed E-state index contributed by atoms with van der Waals surface area (Å²) in [5.41, 5.74) is 0. The molecule has 1 aromatic carbocycles. The van der Waals surface area contributed by atoms with Crippen molar-refractivity contribution >= 4 is 11.8 Å². The minimum atomic E-state index is -0.0606. The lowest BCUT2D eigenvalue weighted by Crippen LogP contribution is -2.51. The number of para-hydroxylation sites is 1. The number of nitrogens with zero attached hydrogens (tertiary/aromatic N) is 2. The summed E-state index contributed by atoms with van der Waals surface area (Å²) in [5, 5.41) is 0. The van der Waals surface area contributed by atoms with Gasteiger partial charge in [0.15, 0.2) is 0 Å². The molecule has 2 aliphatic rings. The van der Waals surface area contributed by atoms with Gasteiger partial charge in [0, 0.05) is 25.2 Å². The van der Waals surface area contributed by atoms with Crippen molar-refractivity contribution in [3.05, 3.63) is 30.3 Å². The molecule has 0 N–H and O–H groups in total. The predicted octanol–water partition coefficient (Wildman–Crippen LogP) is 3.73. The van der Waals surface area contributed by atoms with Gasteiger partial charge in [0.05, 0.1) is 18.9 Å². The van der Waals surface area contributed by atoms with E-state index in [9.17, 15) is 9.59 Å². The van der Waals surface area contributed by atoms with Gasteiger partial charge in [0.1, 0.15) is 5.75 Å². The van der Waals surface area contributed by atoms with Crippen LogP contribution in [0.5, 0.6) is 5.75 Å². The number of rotatable bonds is 8. The first kappa shape index (κ1) is 20.7. The highest BCUT2D eigenvalue weighted by molar-refractivity contribution is 5.82. The molecule has 5 heteroatoms. The van der Waals surface area contributed by atoms with Gasteiger partial charge in [-0.05, 0) is 50.7 Å². The van der Waals surface area contributed by atoms with Crippen LogP contribution >= 0.6 is 0 Å². The Kier molecular flexibility index (Phi) is 6.97. The summed E-state index contributed by atoms with van der Waals surface area (Å²) >= 11 is 0. The lowest BCUT2D eigenvalue weighted by atomic mass is 9.94. The number of hydrogen-bond donors (Lipinski definition) is 0. The van der Waals surface area contributed by atoms with Crippen molar-refractivity contribution < 1.29 is 14.3 Å². The van der Waals surface area contributed by atoms with Crippen LogP contribution in [0.25, 0.3) is 0 Å². The van der Waals surface area contributed by atoms with Crippen LogP contribution in [0, 0.1) is 11.8 Å². The summed E-state index contributed by atoms with van der Waals surface area (Å²) in [5.74, 6) is 1.50. The summed E-state index contributed by atoms with van der Waals surface area (Å²) in [6.45, 7) is 8.19. The number of benzene rings is 1. The van der Waals surface area contributed by atoms with Gasteiger partial charge in [-0.2, -0.15) is 0 Å². The third-order valence-corrected chi connectivity index (χ3v) is 6.05. The van der Waals surface area contributed by atoms with Crippen molar-refractivity contribution in [1.29, 1.82) is 0 Å². The van der Waals surface area contributed by atoms with E-state index in [1.165, 1.54) is 0 Å². The third-order valence-electron chi connectivity index (χ3n) is 6.05. The Labute approximate surface area is 169 Å². The van der Waals surface area contributed by atoms with E-state index in [0.717, 1.165) is 38.0 Å². The molecule has 1 aliphatic heterocycles. The monoisotopic (exact) mass is 386 g/mol. The third kappa shape index (κ3) is 5.27. The van der Waals surface area contributed by atoms with E-state index in [-0.39, 0.29) is 23.8 Å². The highest BCUT2D eigenvalue weighted by Crippen LogP contribution is 2.33. The molecule has 0 spiro atoms. The molecular formula is C23H34N2O3. The zero-order chi connectivity index (χ0) is 20.1. The zero-order valence-electron chi connectivity index (χ0n) is 17.5. The minimum absolute atomic E-state index is 0.0606. The molecule has 3 rings (SSSR count). The maximum atomic E-state index is 13.3. The quantitative estimate of drug-likeness (QED) is 0.684. The van der Waals surface area contributed by atoms with Gasteiger partial charge in [0.25, 0.3) is 0 Å². The number of carbonyl (C=O) groups excluding carboxylic acids is 2. The summed E-state index contributed by atoms with van der Waals surface area (Å²) in [6.07, 6.45) is 4.38. The number of ether oxygens (including phenoxy) is 1. The smallest absolute Gasteiger partial charge is 0.227 e. The first-order valence-electron chi connectivity index (χ1n) is 10.7. The number of carbonyl (C=O) groups is 2. The van der Waals surface area contributed by atoms with Gasteiger partial charge in [-0.15, -0.1) is 0 Å². The van der Waals surface area contributed by atoms with Gasteiger partial charge in [-0.3, -0.25) is 9.59 Å². The molecule has 2 unspecified atom stereocenters. The molecule has 1 saturated carbocycles. The second-order valence-corrected chi connectivity index (χ2v) is 8.55. The Hall–Kier alpha value is -2.04. The molecule has 1 aromatic rings. The second kappa shape index (κ2) is 9.44. The molecular weight excluding hydrogens is 352 g/mol. The van der Waals surface area contributed by atoms with E-state index in [1.54, 1.807) is 0 Å². The molecule has 28 heavy (non-hydrogen) atoms. The molecule has 1 heterocycles. The Morgan fingerprint density at radius 3 is 2.50 bits per heavy atom. The molecule has 154 valence electrons. The van der Waals surface area contributed by atoms with Crippen molar-refractivity contribution in [3.8, 4) is 5.75 Å². The number of likely N-dealkylation sites (tertiary alicyclic amines) is 1. The number of hydrogen-bond acceptors (Lipinski definition) is 3. The van der Waals surface area contributed by atoms with Gasteiger partial charge in [-0.1, -0.05) is 32.0 Å². The topological polar surface area (TPSA) is 49.9 Å². The van der Waals surface area contributed by atoms with E-state index in [2.05, 4.69) is 25.7 Å². The van der Waals surface area contributed by atoms with E-state index in [4.69, 9.17) is 4.74 Å². The maximum Gasteiger partial charge on any atom is 0.227 e. The molecule has 0 radical (unpaired) electrons. The first-order chi connectivity index (χ1) is 13.5. The van der Waals surface area contributed by atoms with Crippen LogP contribution in [0.4, 0.5) is 0 Å². The fraction of sp³-hybridized carbons (Fsp3) is 0.652. The molecule has 2 atom stereocenters. The van der Waals surface area contributed by atoms with E-state index < -0.39 is 0 Å². The lowest BCUT2D eigenvalue weighted by Gasteiger charge is -2.38. The molecule has 5 nitrogen and oxygen atoms in total. The van der Waals surface area contributed by atoms with Crippen molar-refractivity contribution in [2.24, 2.45) is 11.8 Å². The van der Waals surface area contributed by atoms with Gasteiger partial charge < -0.3 is 14.5 Å². The molecule has 2 amide bonds. The van der Waals surface area contributed by atoms with Crippen molar-refractivity contribution in [2.45, 2.75) is 65.0 Å². The first-order valence-corrected chi connectivity index (χ1v) is 10.7. The fourth-order valence-electron chi connectivity index (χ4n) is 3.93. The SMILES string of the molecule is CC(C)C(C)N(C(=O)C1CCCN(C(=O)CCOc2ccccc2)C1)C1CC1. The van der Waals surface area contributed by atoms with Crippen LogP contribution in [-0.2, 0) is 9.59 Å². The van der Waals surface area contributed by atoms with Crippen LogP contribution in [0.1, 0.15) is 52.9 Å². The highest BCUT2D eigenvalue weighted by Gasteiger charge is 2.40.